The molecule has 8 heteroatoms. The molecule has 1 saturated heterocycles. The van der Waals surface area contributed by atoms with E-state index in [1.165, 1.54) is 12.1 Å². The second kappa shape index (κ2) is 5.58. The second-order valence-electron chi connectivity index (χ2n) is 5.75. The molecular weight excluding hydrogens is 323 g/mol. The summed E-state index contributed by atoms with van der Waals surface area (Å²) in [6.45, 7) is 1.46. The van der Waals surface area contributed by atoms with Crippen LogP contribution in [0.3, 0.4) is 0 Å². The number of hydrogen-bond donors (Lipinski definition) is 0. The normalized spacial score (nSPS) is 23.3. The van der Waals surface area contributed by atoms with E-state index in [1.807, 2.05) is 4.68 Å². The Morgan fingerprint density at radius 2 is 2.30 bits per heavy atom. The summed E-state index contributed by atoms with van der Waals surface area (Å²) in [4.78, 5) is 14.3. The van der Waals surface area contributed by atoms with Gasteiger partial charge in [0, 0.05) is 13.1 Å². The molecule has 2 atom stereocenters. The van der Waals surface area contributed by atoms with E-state index in [9.17, 15) is 9.18 Å². The molecular formula is C15H14ClFN4O2. The van der Waals surface area contributed by atoms with E-state index >= 15 is 0 Å². The van der Waals surface area contributed by atoms with E-state index in [4.69, 9.17) is 16.3 Å². The highest BCUT2D eigenvalue weighted by atomic mass is 35.5. The second-order valence-corrected chi connectivity index (χ2v) is 6.16. The summed E-state index contributed by atoms with van der Waals surface area (Å²) in [5.41, 5.74) is 1.26. The molecule has 0 unspecified atom stereocenters. The Hall–Kier alpha value is -1.99. The number of aromatic nitrogens is 3. The first-order valence-corrected chi connectivity index (χ1v) is 7.76. The predicted octanol–water partition coefficient (Wildman–Crippen LogP) is 2.06. The molecule has 0 saturated carbocycles. The van der Waals surface area contributed by atoms with Crippen LogP contribution in [0.15, 0.2) is 24.4 Å². The van der Waals surface area contributed by atoms with Gasteiger partial charge in [-0.3, -0.25) is 4.79 Å². The molecule has 0 spiro atoms. The molecule has 120 valence electrons. The Labute approximate surface area is 136 Å². The Morgan fingerprint density at radius 3 is 3.13 bits per heavy atom. The molecule has 0 N–H and O–H groups in total. The number of amides is 1. The third-order valence-electron chi connectivity index (χ3n) is 4.38. The van der Waals surface area contributed by atoms with Crippen LogP contribution in [0.2, 0.25) is 5.02 Å². The lowest BCUT2D eigenvalue weighted by molar-refractivity contribution is -0.0627. The van der Waals surface area contributed by atoms with Crippen molar-refractivity contribution in [2.24, 2.45) is 0 Å². The molecule has 1 aromatic heterocycles. The first-order valence-electron chi connectivity index (χ1n) is 7.38. The van der Waals surface area contributed by atoms with E-state index in [0.29, 0.717) is 25.3 Å². The zero-order chi connectivity index (χ0) is 16.0. The molecule has 4 rings (SSSR count). The van der Waals surface area contributed by atoms with Crippen LogP contribution in [-0.4, -0.2) is 45.0 Å². The van der Waals surface area contributed by atoms with Crippen LogP contribution in [0.4, 0.5) is 4.39 Å². The molecule has 0 bridgehead atoms. The number of nitrogens with zero attached hydrogens (tertiary/aromatic N) is 4. The zero-order valence-electron chi connectivity index (χ0n) is 12.2. The van der Waals surface area contributed by atoms with Crippen molar-refractivity contribution in [1.29, 1.82) is 0 Å². The SMILES string of the molecule is O=C(c1ccc(F)cc1Cl)N1CC[C@H]2[C@H](C1)OCc1cnnn12. The van der Waals surface area contributed by atoms with Crippen LogP contribution in [0.25, 0.3) is 0 Å². The number of benzene rings is 1. The number of carbonyl (C=O) groups excluding carboxylic acids is 1. The number of halogens is 2. The van der Waals surface area contributed by atoms with Crippen LogP contribution < -0.4 is 0 Å². The number of rotatable bonds is 1. The molecule has 23 heavy (non-hydrogen) atoms. The first kappa shape index (κ1) is 14.6. The zero-order valence-corrected chi connectivity index (χ0v) is 12.9. The third kappa shape index (κ3) is 2.49. The molecule has 2 aliphatic rings. The molecule has 1 aromatic carbocycles. The van der Waals surface area contributed by atoms with Crippen LogP contribution >= 0.6 is 11.6 Å². The lowest BCUT2D eigenvalue weighted by Crippen LogP contribution is -2.50. The van der Waals surface area contributed by atoms with Crippen molar-refractivity contribution in [2.45, 2.75) is 25.2 Å². The molecule has 3 heterocycles. The molecule has 1 fully saturated rings. The Balaban J connectivity index is 1.54. The quantitative estimate of drug-likeness (QED) is 0.799. The highest BCUT2D eigenvalue weighted by Crippen LogP contribution is 2.31. The van der Waals surface area contributed by atoms with Gasteiger partial charge in [-0.05, 0) is 24.6 Å². The molecule has 2 aromatic rings. The van der Waals surface area contributed by atoms with Gasteiger partial charge in [0.25, 0.3) is 5.91 Å². The van der Waals surface area contributed by atoms with Gasteiger partial charge in [0.1, 0.15) is 5.82 Å². The minimum absolute atomic E-state index is 0.0917. The van der Waals surface area contributed by atoms with Gasteiger partial charge in [0.05, 0.1) is 41.2 Å². The molecule has 0 aliphatic carbocycles. The summed E-state index contributed by atoms with van der Waals surface area (Å²) in [7, 11) is 0. The fourth-order valence-corrected chi connectivity index (χ4v) is 3.45. The Bertz CT molecular complexity index is 766. The van der Waals surface area contributed by atoms with Crippen molar-refractivity contribution in [1.82, 2.24) is 19.9 Å². The lowest BCUT2D eigenvalue weighted by Gasteiger charge is -2.41. The van der Waals surface area contributed by atoms with Gasteiger partial charge in [0.2, 0.25) is 0 Å². The number of fused-ring (bicyclic) bond motifs is 3. The van der Waals surface area contributed by atoms with Crippen LogP contribution in [0.5, 0.6) is 0 Å². The summed E-state index contributed by atoms with van der Waals surface area (Å²) < 4.78 is 20.9. The summed E-state index contributed by atoms with van der Waals surface area (Å²) >= 11 is 5.99. The largest absolute Gasteiger partial charge is 0.368 e. The standard InChI is InChI=1S/C15H14ClFN4O2/c16-12-5-9(17)1-2-11(12)15(22)20-4-3-13-14(7-20)23-8-10-6-18-19-21(10)13/h1-2,5-6,13-14H,3-4,7-8H2/t13-,14-/m0/s1. The predicted molar refractivity (Wildman–Crippen MR) is 79.6 cm³/mol. The maximum absolute atomic E-state index is 13.1. The fourth-order valence-electron chi connectivity index (χ4n) is 3.21. The summed E-state index contributed by atoms with van der Waals surface area (Å²) in [5, 5.41) is 8.15. The van der Waals surface area contributed by atoms with Crippen molar-refractivity contribution >= 4 is 17.5 Å². The molecule has 0 radical (unpaired) electrons. The van der Waals surface area contributed by atoms with E-state index in [2.05, 4.69) is 10.3 Å². The number of ether oxygens (including phenoxy) is 1. The van der Waals surface area contributed by atoms with E-state index in [-0.39, 0.29) is 23.1 Å². The highest BCUT2D eigenvalue weighted by molar-refractivity contribution is 6.33. The number of likely N-dealkylation sites (tertiary alicyclic amines) is 1. The number of carbonyl (C=O) groups is 1. The fraction of sp³-hybridized carbons (Fsp3) is 0.400. The number of piperidine rings is 1. The third-order valence-corrected chi connectivity index (χ3v) is 4.69. The maximum atomic E-state index is 13.1. The number of hydrogen-bond acceptors (Lipinski definition) is 4. The van der Waals surface area contributed by atoms with Crippen molar-refractivity contribution in [2.75, 3.05) is 13.1 Å². The maximum Gasteiger partial charge on any atom is 0.255 e. The first-order chi connectivity index (χ1) is 11.1. The monoisotopic (exact) mass is 336 g/mol. The van der Waals surface area contributed by atoms with Crippen molar-refractivity contribution in [3.05, 3.63) is 46.5 Å². The minimum atomic E-state index is -0.459. The Kier molecular flexibility index (Phi) is 3.54. The summed E-state index contributed by atoms with van der Waals surface area (Å²) in [6.07, 6.45) is 2.30. The highest BCUT2D eigenvalue weighted by Gasteiger charge is 2.38. The smallest absolute Gasteiger partial charge is 0.255 e. The van der Waals surface area contributed by atoms with Crippen LogP contribution in [0.1, 0.15) is 28.5 Å². The Morgan fingerprint density at radius 1 is 1.43 bits per heavy atom. The van der Waals surface area contributed by atoms with Gasteiger partial charge in [0.15, 0.2) is 0 Å². The van der Waals surface area contributed by atoms with Crippen molar-refractivity contribution < 1.29 is 13.9 Å². The minimum Gasteiger partial charge on any atom is -0.368 e. The topological polar surface area (TPSA) is 60.3 Å². The summed E-state index contributed by atoms with van der Waals surface area (Å²) in [5.74, 6) is -0.666. The molecule has 1 amide bonds. The van der Waals surface area contributed by atoms with Crippen LogP contribution in [0, 0.1) is 5.82 Å². The molecule has 2 aliphatic heterocycles. The average molecular weight is 337 g/mol. The van der Waals surface area contributed by atoms with Gasteiger partial charge in [-0.15, -0.1) is 5.10 Å². The van der Waals surface area contributed by atoms with Gasteiger partial charge in [-0.1, -0.05) is 16.8 Å². The van der Waals surface area contributed by atoms with Crippen molar-refractivity contribution in [3.8, 4) is 0 Å². The van der Waals surface area contributed by atoms with Gasteiger partial charge >= 0.3 is 0 Å². The van der Waals surface area contributed by atoms with Crippen molar-refractivity contribution in [3.63, 3.8) is 0 Å². The van der Waals surface area contributed by atoms with E-state index in [0.717, 1.165) is 18.2 Å². The summed E-state index contributed by atoms with van der Waals surface area (Å²) in [6, 6.07) is 3.91. The molecule has 6 nitrogen and oxygen atoms in total. The lowest BCUT2D eigenvalue weighted by atomic mass is 9.99. The van der Waals surface area contributed by atoms with E-state index < -0.39 is 5.82 Å². The van der Waals surface area contributed by atoms with Crippen LogP contribution in [-0.2, 0) is 11.3 Å². The average Bonchev–Trinajstić information content (AvgIpc) is 3.02. The van der Waals surface area contributed by atoms with E-state index in [1.54, 1.807) is 11.1 Å². The van der Waals surface area contributed by atoms with Gasteiger partial charge < -0.3 is 9.64 Å². The van der Waals surface area contributed by atoms with Gasteiger partial charge in [-0.2, -0.15) is 0 Å². The van der Waals surface area contributed by atoms with Gasteiger partial charge in [-0.25, -0.2) is 9.07 Å².